The van der Waals surface area contributed by atoms with Gasteiger partial charge in [-0.15, -0.1) is 0 Å². The minimum Gasteiger partial charge on any atom is -0.508 e. The molecule has 1 aliphatic rings. The first-order valence-electron chi connectivity index (χ1n) is 5.08. The van der Waals surface area contributed by atoms with Gasteiger partial charge in [0.15, 0.2) is 5.89 Å². The normalized spacial score (nSPS) is 15.5. The lowest BCUT2D eigenvalue weighted by atomic mass is 10.2. The summed E-state index contributed by atoms with van der Waals surface area (Å²) in [5, 5.41) is 9.34. The number of aromatic nitrogens is 1. The molecule has 1 saturated carbocycles. The highest BCUT2D eigenvalue weighted by Crippen LogP contribution is 2.40. The van der Waals surface area contributed by atoms with Crippen LogP contribution in [0.5, 0.6) is 5.75 Å². The van der Waals surface area contributed by atoms with Crippen molar-refractivity contribution in [2.24, 2.45) is 0 Å². The molecule has 1 aromatic carbocycles. The highest BCUT2D eigenvalue weighted by molar-refractivity contribution is 5.59. The number of phenols is 1. The monoisotopic (exact) mass is 201 g/mol. The number of hydrogen-bond acceptors (Lipinski definition) is 3. The molecular formula is C12H11NO2. The van der Waals surface area contributed by atoms with Crippen LogP contribution in [0.1, 0.15) is 24.7 Å². The smallest absolute Gasteiger partial charge is 0.197 e. The first-order chi connectivity index (χ1) is 7.33. The number of phenolic OH excluding ortho intramolecular Hbond substituents is 1. The molecule has 0 unspecified atom stereocenters. The largest absolute Gasteiger partial charge is 0.508 e. The highest BCUT2D eigenvalue weighted by Gasteiger charge is 2.28. The van der Waals surface area contributed by atoms with E-state index in [0.29, 0.717) is 5.92 Å². The van der Waals surface area contributed by atoms with Crippen LogP contribution in [0.15, 0.2) is 34.9 Å². The molecule has 0 bridgehead atoms. The number of benzene rings is 1. The Morgan fingerprint density at radius 1 is 1.33 bits per heavy atom. The van der Waals surface area contributed by atoms with E-state index in [0.717, 1.165) is 17.1 Å². The fourth-order valence-electron chi connectivity index (χ4n) is 1.60. The van der Waals surface area contributed by atoms with E-state index in [9.17, 15) is 5.11 Å². The van der Waals surface area contributed by atoms with Crippen LogP contribution in [0.25, 0.3) is 11.3 Å². The Labute approximate surface area is 87.4 Å². The quantitative estimate of drug-likeness (QED) is 0.812. The van der Waals surface area contributed by atoms with E-state index < -0.39 is 0 Å². The van der Waals surface area contributed by atoms with E-state index in [1.54, 1.807) is 24.5 Å². The minimum absolute atomic E-state index is 0.253. The maximum Gasteiger partial charge on any atom is 0.197 e. The Balaban J connectivity index is 1.97. The second-order valence-corrected chi connectivity index (χ2v) is 3.90. The first-order valence-corrected chi connectivity index (χ1v) is 5.08. The predicted molar refractivity (Wildman–Crippen MR) is 55.6 cm³/mol. The van der Waals surface area contributed by atoms with E-state index in [1.807, 2.05) is 6.07 Å². The van der Waals surface area contributed by atoms with Crippen LogP contribution in [0, 0.1) is 0 Å². The average Bonchev–Trinajstić information content (AvgIpc) is 2.97. The van der Waals surface area contributed by atoms with E-state index in [4.69, 9.17) is 4.42 Å². The summed E-state index contributed by atoms with van der Waals surface area (Å²) in [7, 11) is 0. The molecule has 0 spiro atoms. The van der Waals surface area contributed by atoms with E-state index in [2.05, 4.69) is 4.98 Å². The van der Waals surface area contributed by atoms with E-state index in [-0.39, 0.29) is 5.75 Å². The summed E-state index contributed by atoms with van der Waals surface area (Å²) in [5.41, 5.74) is 1.69. The Kier molecular flexibility index (Phi) is 1.78. The fraction of sp³-hybridized carbons (Fsp3) is 0.250. The maximum absolute atomic E-state index is 9.34. The van der Waals surface area contributed by atoms with Gasteiger partial charge in [-0.1, -0.05) is 12.1 Å². The lowest BCUT2D eigenvalue weighted by Gasteiger charge is -1.95. The van der Waals surface area contributed by atoms with E-state index in [1.165, 1.54) is 12.8 Å². The predicted octanol–water partition coefficient (Wildman–Crippen LogP) is 2.92. The highest BCUT2D eigenvalue weighted by atomic mass is 16.3. The summed E-state index contributed by atoms with van der Waals surface area (Å²) in [4.78, 5) is 4.41. The Morgan fingerprint density at radius 2 is 2.20 bits per heavy atom. The van der Waals surface area contributed by atoms with Crippen molar-refractivity contribution in [2.75, 3.05) is 0 Å². The molecule has 76 valence electrons. The zero-order valence-electron chi connectivity index (χ0n) is 8.18. The van der Waals surface area contributed by atoms with Gasteiger partial charge in [0.1, 0.15) is 17.7 Å². The van der Waals surface area contributed by atoms with Crippen LogP contribution >= 0.6 is 0 Å². The fourth-order valence-corrected chi connectivity index (χ4v) is 1.60. The van der Waals surface area contributed by atoms with Crippen molar-refractivity contribution < 1.29 is 9.52 Å². The van der Waals surface area contributed by atoms with Gasteiger partial charge in [0.25, 0.3) is 0 Å². The SMILES string of the molecule is Oc1cccc(-c2coc(C3CC3)n2)c1. The number of rotatable bonds is 2. The number of nitrogens with zero attached hydrogens (tertiary/aromatic N) is 1. The molecule has 0 radical (unpaired) electrons. The minimum atomic E-state index is 0.253. The molecule has 0 aliphatic heterocycles. The van der Waals surface area contributed by atoms with Crippen molar-refractivity contribution in [1.29, 1.82) is 0 Å². The lowest BCUT2D eigenvalue weighted by molar-refractivity contribution is 0.475. The molecule has 3 heteroatoms. The molecule has 0 saturated heterocycles. The van der Waals surface area contributed by atoms with Gasteiger partial charge in [0, 0.05) is 11.5 Å². The topological polar surface area (TPSA) is 46.3 Å². The van der Waals surface area contributed by atoms with Crippen molar-refractivity contribution >= 4 is 0 Å². The number of hydrogen-bond donors (Lipinski definition) is 1. The molecule has 1 aliphatic carbocycles. The van der Waals surface area contributed by atoms with Crippen LogP contribution in [0.3, 0.4) is 0 Å². The number of aromatic hydroxyl groups is 1. The van der Waals surface area contributed by atoms with Crippen molar-refractivity contribution in [3.05, 3.63) is 36.4 Å². The molecule has 15 heavy (non-hydrogen) atoms. The van der Waals surface area contributed by atoms with Gasteiger partial charge in [0.05, 0.1) is 0 Å². The van der Waals surface area contributed by atoms with Crippen molar-refractivity contribution in [1.82, 2.24) is 4.98 Å². The third kappa shape index (κ3) is 1.61. The lowest BCUT2D eigenvalue weighted by Crippen LogP contribution is -1.80. The summed E-state index contributed by atoms with van der Waals surface area (Å²) >= 11 is 0. The molecule has 1 heterocycles. The Hall–Kier alpha value is -1.77. The molecular weight excluding hydrogens is 190 g/mol. The van der Waals surface area contributed by atoms with Gasteiger partial charge in [-0.05, 0) is 25.0 Å². The molecule has 3 nitrogen and oxygen atoms in total. The van der Waals surface area contributed by atoms with Gasteiger partial charge in [-0.3, -0.25) is 0 Å². The molecule has 3 rings (SSSR count). The van der Waals surface area contributed by atoms with Gasteiger partial charge >= 0.3 is 0 Å². The van der Waals surface area contributed by atoms with Crippen LogP contribution in [0.4, 0.5) is 0 Å². The van der Waals surface area contributed by atoms with Crippen LogP contribution in [0.2, 0.25) is 0 Å². The standard InChI is InChI=1S/C12H11NO2/c14-10-3-1-2-9(6-10)11-7-15-12(13-11)8-4-5-8/h1-3,6-8,14H,4-5H2. The van der Waals surface area contributed by atoms with Crippen LogP contribution in [-0.4, -0.2) is 10.1 Å². The zero-order valence-corrected chi connectivity index (χ0v) is 8.18. The second-order valence-electron chi connectivity index (χ2n) is 3.90. The number of oxazole rings is 1. The third-order valence-electron chi connectivity index (χ3n) is 2.59. The van der Waals surface area contributed by atoms with Gasteiger partial charge < -0.3 is 9.52 Å². The average molecular weight is 201 g/mol. The van der Waals surface area contributed by atoms with E-state index >= 15 is 0 Å². The Morgan fingerprint density at radius 3 is 2.93 bits per heavy atom. The van der Waals surface area contributed by atoms with Gasteiger partial charge in [-0.25, -0.2) is 4.98 Å². The van der Waals surface area contributed by atoms with Gasteiger partial charge in [0.2, 0.25) is 0 Å². The molecule has 0 amide bonds. The molecule has 1 fully saturated rings. The van der Waals surface area contributed by atoms with Crippen molar-refractivity contribution in [3.8, 4) is 17.0 Å². The van der Waals surface area contributed by atoms with Crippen molar-refractivity contribution in [2.45, 2.75) is 18.8 Å². The molecule has 1 aromatic heterocycles. The van der Waals surface area contributed by atoms with Crippen LogP contribution < -0.4 is 0 Å². The summed E-state index contributed by atoms with van der Waals surface area (Å²) in [5.74, 6) is 1.60. The third-order valence-corrected chi connectivity index (χ3v) is 2.59. The summed E-state index contributed by atoms with van der Waals surface area (Å²) in [6, 6.07) is 7.05. The molecule has 1 N–H and O–H groups in total. The zero-order chi connectivity index (χ0) is 10.3. The van der Waals surface area contributed by atoms with Crippen molar-refractivity contribution in [3.63, 3.8) is 0 Å². The second kappa shape index (κ2) is 3.12. The maximum atomic E-state index is 9.34. The first kappa shape index (κ1) is 8.53. The van der Waals surface area contributed by atoms with Gasteiger partial charge in [-0.2, -0.15) is 0 Å². The summed E-state index contributed by atoms with van der Waals surface area (Å²) in [6.07, 6.45) is 4.02. The summed E-state index contributed by atoms with van der Waals surface area (Å²) in [6.45, 7) is 0. The molecule has 2 aromatic rings. The molecule has 0 atom stereocenters. The Bertz CT molecular complexity index is 486. The summed E-state index contributed by atoms with van der Waals surface area (Å²) < 4.78 is 5.39. The van der Waals surface area contributed by atoms with Crippen LogP contribution in [-0.2, 0) is 0 Å².